The van der Waals surface area contributed by atoms with E-state index in [-0.39, 0.29) is 11.7 Å². The summed E-state index contributed by atoms with van der Waals surface area (Å²) < 4.78 is 5.33. The van der Waals surface area contributed by atoms with Crippen molar-refractivity contribution in [1.29, 1.82) is 0 Å². The highest BCUT2D eigenvalue weighted by Crippen LogP contribution is 2.52. The van der Waals surface area contributed by atoms with E-state index >= 15 is 0 Å². The zero-order valence-electron chi connectivity index (χ0n) is 9.50. The highest BCUT2D eigenvalue weighted by molar-refractivity contribution is 9.09. The summed E-state index contributed by atoms with van der Waals surface area (Å²) in [6.07, 6.45) is -0.150. The number of carbonyl (C=O) groups is 1. The van der Waals surface area contributed by atoms with Crippen molar-refractivity contribution >= 4 is 22.0 Å². The van der Waals surface area contributed by atoms with Gasteiger partial charge in [-0.15, -0.1) is 0 Å². The molecule has 2 aliphatic rings. The molecule has 1 heterocycles. The molecule has 0 bridgehead atoms. The molecule has 3 nitrogen and oxygen atoms in total. The molecule has 2 rings (SSSR count). The summed E-state index contributed by atoms with van der Waals surface area (Å²) in [5, 5.41) is 1.07. The van der Waals surface area contributed by atoms with Crippen LogP contribution in [0, 0.1) is 17.8 Å². The molecule has 2 fully saturated rings. The Labute approximate surface area is 99.3 Å². The van der Waals surface area contributed by atoms with E-state index in [0.29, 0.717) is 0 Å². The van der Waals surface area contributed by atoms with Gasteiger partial charge in [-0.25, -0.2) is 4.79 Å². The zero-order chi connectivity index (χ0) is 11.2. The highest BCUT2D eigenvalue weighted by atomic mass is 79.9. The summed E-state index contributed by atoms with van der Waals surface area (Å²) in [6.45, 7) is 7.49. The van der Waals surface area contributed by atoms with Gasteiger partial charge in [-0.3, -0.25) is 0 Å². The lowest BCUT2D eigenvalue weighted by Crippen LogP contribution is -2.37. The van der Waals surface area contributed by atoms with Gasteiger partial charge >= 0.3 is 6.09 Å². The maximum atomic E-state index is 11.7. The summed E-state index contributed by atoms with van der Waals surface area (Å²) in [5.74, 6) is 2.23. The van der Waals surface area contributed by atoms with Crippen LogP contribution in [0.2, 0.25) is 0 Å². The largest absolute Gasteiger partial charge is 0.444 e. The van der Waals surface area contributed by atoms with Crippen LogP contribution in [-0.4, -0.2) is 35.0 Å². The standard InChI is InChI=1S/C11H18BrNO2/c1-11(2,3)15-10(14)13-5-8-7(4-12)9(8)6-13/h7-9H,4-6H2,1-3H3/t7-,8-,9+. The lowest BCUT2D eigenvalue weighted by molar-refractivity contribution is 0.0267. The summed E-state index contributed by atoms with van der Waals surface area (Å²) in [7, 11) is 0. The fraction of sp³-hybridized carbons (Fsp3) is 0.909. The molecule has 0 unspecified atom stereocenters. The Bertz CT molecular complexity index is 262. The first kappa shape index (κ1) is 11.2. The van der Waals surface area contributed by atoms with Crippen molar-refractivity contribution in [2.75, 3.05) is 18.4 Å². The number of piperidine rings is 1. The smallest absolute Gasteiger partial charge is 0.410 e. The molecule has 0 N–H and O–H groups in total. The summed E-state index contributed by atoms with van der Waals surface area (Å²) in [4.78, 5) is 13.6. The molecule has 1 aliphatic carbocycles. The van der Waals surface area contributed by atoms with E-state index in [1.54, 1.807) is 0 Å². The average Bonchev–Trinajstić information content (AvgIpc) is 2.54. The van der Waals surface area contributed by atoms with Crippen LogP contribution in [0.25, 0.3) is 0 Å². The molecule has 3 atom stereocenters. The summed E-state index contributed by atoms with van der Waals surface area (Å²) in [5.41, 5.74) is -0.376. The Hall–Kier alpha value is -0.250. The first-order chi connectivity index (χ1) is 6.92. The van der Waals surface area contributed by atoms with Gasteiger partial charge in [-0.1, -0.05) is 15.9 Å². The molecule has 4 heteroatoms. The number of nitrogens with zero attached hydrogens (tertiary/aromatic N) is 1. The van der Waals surface area contributed by atoms with Crippen molar-refractivity contribution in [1.82, 2.24) is 4.90 Å². The van der Waals surface area contributed by atoms with E-state index < -0.39 is 0 Å². The highest BCUT2D eigenvalue weighted by Gasteiger charge is 2.56. The Morgan fingerprint density at radius 1 is 1.40 bits per heavy atom. The first-order valence-corrected chi connectivity index (χ1v) is 6.58. The van der Waals surface area contributed by atoms with Crippen molar-refractivity contribution in [3.63, 3.8) is 0 Å². The van der Waals surface area contributed by atoms with Crippen LogP contribution < -0.4 is 0 Å². The van der Waals surface area contributed by atoms with Gasteiger partial charge in [0.25, 0.3) is 0 Å². The van der Waals surface area contributed by atoms with Crippen LogP contribution in [-0.2, 0) is 4.74 Å². The number of likely N-dealkylation sites (tertiary alicyclic amines) is 1. The SMILES string of the molecule is CC(C)(C)OC(=O)N1C[C@@H]2[C@@H](CBr)[C@@H]2C1. The number of carbonyl (C=O) groups excluding carboxylic acids is 1. The number of amides is 1. The third-order valence-electron chi connectivity index (χ3n) is 3.20. The summed E-state index contributed by atoms with van der Waals surface area (Å²) in [6, 6.07) is 0. The third-order valence-corrected chi connectivity index (χ3v) is 3.95. The first-order valence-electron chi connectivity index (χ1n) is 5.46. The molecule has 0 aromatic rings. The minimum atomic E-state index is -0.376. The molecule has 1 saturated heterocycles. The van der Waals surface area contributed by atoms with Crippen molar-refractivity contribution in [3.8, 4) is 0 Å². The van der Waals surface area contributed by atoms with Crippen molar-refractivity contribution < 1.29 is 9.53 Å². The van der Waals surface area contributed by atoms with Gasteiger partial charge in [0.2, 0.25) is 0 Å². The van der Waals surface area contributed by atoms with Crippen LogP contribution in [0.4, 0.5) is 4.79 Å². The van der Waals surface area contributed by atoms with Gasteiger partial charge in [-0.2, -0.15) is 0 Å². The molecule has 86 valence electrons. The molecule has 1 amide bonds. The molecule has 15 heavy (non-hydrogen) atoms. The molecular weight excluding hydrogens is 258 g/mol. The van der Waals surface area contributed by atoms with Gasteiger partial charge in [0.1, 0.15) is 5.60 Å². The molecule has 1 aliphatic heterocycles. The van der Waals surface area contributed by atoms with Gasteiger partial charge in [0.15, 0.2) is 0 Å². The van der Waals surface area contributed by atoms with Crippen LogP contribution in [0.1, 0.15) is 20.8 Å². The second-order valence-corrected chi connectivity index (χ2v) is 6.18. The second-order valence-electron chi connectivity index (χ2n) is 5.53. The van der Waals surface area contributed by atoms with Crippen LogP contribution >= 0.6 is 15.9 Å². The maximum Gasteiger partial charge on any atom is 0.410 e. The normalized spacial score (nSPS) is 33.9. The fourth-order valence-electron chi connectivity index (χ4n) is 2.35. The number of hydrogen-bond acceptors (Lipinski definition) is 2. The van der Waals surface area contributed by atoms with Crippen molar-refractivity contribution in [3.05, 3.63) is 0 Å². The predicted molar refractivity (Wildman–Crippen MR) is 62.1 cm³/mol. The molecule has 1 saturated carbocycles. The minimum absolute atomic E-state index is 0.150. The Morgan fingerprint density at radius 2 is 1.93 bits per heavy atom. The van der Waals surface area contributed by atoms with E-state index in [9.17, 15) is 4.79 Å². The lowest BCUT2D eigenvalue weighted by atomic mass is 10.2. The fourth-order valence-corrected chi connectivity index (χ4v) is 3.31. The Kier molecular flexibility index (Phi) is 2.73. The second kappa shape index (κ2) is 3.65. The lowest BCUT2D eigenvalue weighted by Gasteiger charge is -2.25. The molecule has 0 radical (unpaired) electrons. The molecule has 0 aromatic heterocycles. The van der Waals surface area contributed by atoms with Crippen molar-refractivity contribution in [2.24, 2.45) is 17.8 Å². The van der Waals surface area contributed by atoms with Crippen LogP contribution in [0.3, 0.4) is 0 Å². The van der Waals surface area contributed by atoms with Gasteiger partial charge in [0.05, 0.1) is 0 Å². The monoisotopic (exact) mass is 275 g/mol. The summed E-state index contributed by atoms with van der Waals surface area (Å²) >= 11 is 3.50. The quantitative estimate of drug-likeness (QED) is 0.689. The number of hydrogen-bond donors (Lipinski definition) is 0. The number of halogens is 1. The van der Waals surface area contributed by atoms with Crippen LogP contribution in [0.5, 0.6) is 0 Å². The average molecular weight is 276 g/mol. The van der Waals surface area contributed by atoms with E-state index in [1.807, 2.05) is 25.7 Å². The van der Waals surface area contributed by atoms with Gasteiger partial charge in [0, 0.05) is 18.4 Å². The Balaban J connectivity index is 1.82. The van der Waals surface area contributed by atoms with E-state index in [4.69, 9.17) is 4.74 Å². The minimum Gasteiger partial charge on any atom is -0.444 e. The van der Waals surface area contributed by atoms with E-state index in [0.717, 1.165) is 36.2 Å². The van der Waals surface area contributed by atoms with E-state index in [2.05, 4.69) is 15.9 Å². The van der Waals surface area contributed by atoms with Crippen LogP contribution in [0.15, 0.2) is 0 Å². The molecular formula is C11H18BrNO2. The maximum absolute atomic E-state index is 11.7. The number of ether oxygens (including phenoxy) is 1. The van der Waals surface area contributed by atoms with Gasteiger partial charge in [-0.05, 0) is 38.5 Å². The predicted octanol–water partition coefficient (Wildman–Crippen LogP) is 2.49. The zero-order valence-corrected chi connectivity index (χ0v) is 11.1. The molecule has 0 aromatic carbocycles. The number of fused-ring (bicyclic) bond motifs is 1. The van der Waals surface area contributed by atoms with E-state index in [1.165, 1.54) is 0 Å². The Morgan fingerprint density at radius 3 is 2.33 bits per heavy atom. The number of rotatable bonds is 1. The number of alkyl halides is 1. The topological polar surface area (TPSA) is 29.5 Å². The van der Waals surface area contributed by atoms with Crippen molar-refractivity contribution in [2.45, 2.75) is 26.4 Å². The third kappa shape index (κ3) is 2.30. The molecule has 0 spiro atoms. The van der Waals surface area contributed by atoms with Gasteiger partial charge < -0.3 is 9.64 Å².